The summed E-state index contributed by atoms with van der Waals surface area (Å²) in [7, 11) is 0. The molecule has 0 amide bonds. The Hall–Kier alpha value is -6.38. The quantitative estimate of drug-likeness (QED) is 0.188. The lowest BCUT2D eigenvalue weighted by Crippen LogP contribution is -2.28. The van der Waals surface area contributed by atoms with E-state index in [4.69, 9.17) is 19.4 Å². The number of para-hydroxylation sites is 1. The first-order valence-electron chi connectivity index (χ1n) is 17.7. The highest BCUT2D eigenvalue weighted by Gasteiger charge is 2.44. The zero-order chi connectivity index (χ0) is 33.9. The fourth-order valence-electron chi connectivity index (χ4n) is 8.49. The van der Waals surface area contributed by atoms with Gasteiger partial charge in [0.15, 0.2) is 17.5 Å². The first-order valence-corrected chi connectivity index (χ1v) is 17.7. The molecular weight excluding hydrogens is 625 g/mol. The van der Waals surface area contributed by atoms with E-state index >= 15 is 0 Å². The Balaban J connectivity index is 1.09. The molecule has 8 aromatic rings. The van der Waals surface area contributed by atoms with Crippen molar-refractivity contribution in [2.75, 3.05) is 0 Å². The van der Waals surface area contributed by atoms with Crippen molar-refractivity contribution < 1.29 is 4.42 Å². The SMILES string of the molecule is N#Cc1ccc2c(c1)C1(CCCCC1)c1cc(-c3cccc(-c4nc(-c5ccccc5)nc(-c5ccc6c(c5)oc5ccccc56)n4)c3)ccc1-2. The molecule has 5 nitrogen and oxygen atoms in total. The molecule has 10 rings (SSSR count). The molecule has 1 fully saturated rings. The third-order valence-electron chi connectivity index (χ3n) is 11.0. The second-order valence-corrected chi connectivity index (χ2v) is 13.8. The summed E-state index contributed by atoms with van der Waals surface area (Å²) < 4.78 is 6.23. The van der Waals surface area contributed by atoms with Gasteiger partial charge in [-0.25, -0.2) is 15.0 Å². The van der Waals surface area contributed by atoms with Gasteiger partial charge in [-0.2, -0.15) is 5.26 Å². The molecule has 5 heteroatoms. The van der Waals surface area contributed by atoms with Crippen molar-refractivity contribution in [3.05, 3.63) is 150 Å². The number of fused-ring (bicyclic) bond motifs is 8. The van der Waals surface area contributed by atoms with Gasteiger partial charge in [-0.15, -0.1) is 0 Å². The topological polar surface area (TPSA) is 75.6 Å². The van der Waals surface area contributed by atoms with Gasteiger partial charge in [-0.05, 0) is 88.7 Å². The average Bonchev–Trinajstić information content (AvgIpc) is 3.70. The molecular formula is C46H32N4O. The minimum absolute atomic E-state index is 0.0436. The number of aromatic nitrogens is 3. The van der Waals surface area contributed by atoms with E-state index in [1.54, 1.807) is 0 Å². The predicted molar refractivity (Wildman–Crippen MR) is 203 cm³/mol. The van der Waals surface area contributed by atoms with Gasteiger partial charge in [0.2, 0.25) is 0 Å². The van der Waals surface area contributed by atoms with Crippen molar-refractivity contribution in [2.45, 2.75) is 37.5 Å². The normalized spacial score (nSPS) is 14.4. The van der Waals surface area contributed by atoms with Crippen LogP contribution in [-0.4, -0.2) is 15.0 Å². The van der Waals surface area contributed by atoms with Crippen LogP contribution < -0.4 is 0 Å². The van der Waals surface area contributed by atoms with Crippen LogP contribution >= 0.6 is 0 Å². The highest BCUT2D eigenvalue weighted by Crippen LogP contribution is 2.56. The summed E-state index contributed by atoms with van der Waals surface area (Å²) in [4.78, 5) is 15.1. The average molecular weight is 657 g/mol. The van der Waals surface area contributed by atoms with Gasteiger partial charge in [0, 0.05) is 32.9 Å². The first kappa shape index (κ1) is 29.5. The Kier molecular flexibility index (Phi) is 6.72. The molecule has 2 aromatic heterocycles. The van der Waals surface area contributed by atoms with Crippen LogP contribution in [0.15, 0.2) is 138 Å². The summed E-state index contributed by atoms with van der Waals surface area (Å²) >= 11 is 0. The molecule has 2 aliphatic rings. The third kappa shape index (κ3) is 4.79. The summed E-state index contributed by atoms with van der Waals surface area (Å²) in [6, 6.07) is 48.5. The van der Waals surface area contributed by atoms with Crippen LogP contribution in [0.5, 0.6) is 0 Å². The molecule has 242 valence electrons. The molecule has 1 saturated carbocycles. The molecule has 1 spiro atoms. The summed E-state index contributed by atoms with van der Waals surface area (Å²) in [6.45, 7) is 0. The number of benzene rings is 6. The standard InChI is InChI=1S/C46H32N4O/c47-28-29-16-19-35-36-20-17-32(26-40(36)46(39(35)24-29)22-7-2-8-23-46)31-12-9-13-33(25-31)44-48-43(30-10-3-1-4-11-30)49-45(50-44)34-18-21-38-37-14-5-6-15-41(37)51-42(38)27-34/h1,3-6,9-21,24-27H,2,7-8,22-23H2. The number of furan rings is 1. The lowest BCUT2D eigenvalue weighted by molar-refractivity contribution is 0.353. The molecule has 0 radical (unpaired) electrons. The fraction of sp³-hybridized carbons (Fsp3) is 0.130. The summed E-state index contributed by atoms with van der Waals surface area (Å²) in [5, 5.41) is 11.9. The number of rotatable bonds is 4. The van der Waals surface area contributed by atoms with Gasteiger partial charge in [0.05, 0.1) is 11.6 Å². The van der Waals surface area contributed by atoms with Gasteiger partial charge in [0.25, 0.3) is 0 Å². The van der Waals surface area contributed by atoms with Gasteiger partial charge < -0.3 is 4.42 Å². The zero-order valence-electron chi connectivity index (χ0n) is 27.9. The van der Waals surface area contributed by atoms with E-state index in [0.717, 1.165) is 62.6 Å². The number of hydrogen-bond acceptors (Lipinski definition) is 5. The summed E-state index contributed by atoms with van der Waals surface area (Å²) in [5.41, 5.74) is 12.7. The maximum atomic E-state index is 9.75. The minimum atomic E-state index is -0.0436. The van der Waals surface area contributed by atoms with Crippen molar-refractivity contribution in [1.29, 1.82) is 5.26 Å². The van der Waals surface area contributed by atoms with E-state index in [0.29, 0.717) is 17.5 Å². The van der Waals surface area contributed by atoms with Crippen molar-refractivity contribution in [3.63, 3.8) is 0 Å². The predicted octanol–water partition coefficient (Wildman–Crippen LogP) is 11.5. The molecule has 0 atom stereocenters. The summed E-state index contributed by atoms with van der Waals surface area (Å²) in [6.07, 6.45) is 5.88. The smallest absolute Gasteiger partial charge is 0.164 e. The zero-order valence-corrected chi connectivity index (χ0v) is 27.9. The van der Waals surface area contributed by atoms with E-state index in [1.807, 2.05) is 60.7 Å². The van der Waals surface area contributed by atoms with Gasteiger partial charge in [-0.3, -0.25) is 0 Å². The van der Waals surface area contributed by atoms with E-state index in [9.17, 15) is 5.26 Å². The Morgan fingerprint density at radius 3 is 1.90 bits per heavy atom. The Bertz CT molecular complexity index is 2700. The molecule has 0 saturated heterocycles. The van der Waals surface area contributed by atoms with Crippen molar-refractivity contribution in [1.82, 2.24) is 15.0 Å². The van der Waals surface area contributed by atoms with Crippen molar-refractivity contribution in [3.8, 4) is 62.5 Å². The third-order valence-corrected chi connectivity index (χ3v) is 11.0. The second-order valence-electron chi connectivity index (χ2n) is 13.8. The highest BCUT2D eigenvalue weighted by atomic mass is 16.3. The van der Waals surface area contributed by atoms with E-state index in [1.165, 1.54) is 47.1 Å². The first-order chi connectivity index (χ1) is 25.2. The Morgan fingerprint density at radius 2 is 1.10 bits per heavy atom. The van der Waals surface area contributed by atoms with Crippen LogP contribution in [0.4, 0.5) is 0 Å². The number of hydrogen-bond donors (Lipinski definition) is 0. The summed E-state index contributed by atoms with van der Waals surface area (Å²) in [5.74, 6) is 1.83. The van der Waals surface area contributed by atoms with E-state index in [2.05, 4.69) is 78.9 Å². The maximum Gasteiger partial charge on any atom is 0.164 e. The van der Waals surface area contributed by atoms with Gasteiger partial charge in [-0.1, -0.05) is 110 Å². The highest BCUT2D eigenvalue weighted by molar-refractivity contribution is 6.05. The van der Waals surface area contributed by atoms with Gasteiger partial charge in [0.1, 0.15) is 11.2 Å². The molecule has 0 N–H and O–H groups in total. The van der Waals surface area contributed by atoms with Crippen LogP contribution in [0, 0.1) is 11.3 Å². The van der Waals surface area contributed by atoms with Gasteiger partial charge >= 0.3 is 0 Å². The minimum Gasteiger partial charge on any atom is -0.456 e. The van der Waals surface area contributed by atoms with Crippen LogP contribution in [0.2, 0.25) is 0 Å². The van der Waals surface area contributed by atoms with Crippen LogP contribution in [0.1, 0.15) is 48.8 Å². The van der Waals surface area contributed by atoms with Crippen LogP contribution in [0.3, 0.4) is 0 Å². The molecule has 0 bridgehead atoms. The van der Waals surface area contributed by atoms with E-state index in [-0.39, 0.29) is 5.41 Å². The fourth-order valence-corrected chi connectivity index (χ4v) is 8.49. The van der Waals surface area contributed by atoms with Crippen molar-refractivity contribution in [2.24, 2.45) is 0 Å². The monoisotopic (exact) mass is 656 g/mol. The largest absolute Gasteiger partial charge is 0.456 e. The second kappa shape index (κ2) is 11.6. The molecule has 0 unspecified atom stereocenters. The maximum absolute atomic E-state index is 9.75. The van der Waals surface area contributed by atoms with Crippen molar-refractivity contribution >= 4 is 21.9 Å². The molecule has 6 aromatic carbocycles. The van der Waals surface area contributed by atoms with E-state index < -0.39 is 0 Å². The number of nitrogens with zero attached hydrogens (tertiary/aromatic N) is 4. The molecule has 0 aliphatic heterocycles. The van der Waals surface area contributed by atoms with Crippen LogP contribution in [0.25, 0.3) is 78.4 Å². The Morgan fingerprint density at radius 1 is 0.490 bits per heavy atom. The molecule has 2 aliphatic carbocycles. The molecule has 51 heavy (non-hydrogen) atoms. The Labute approximate surface area is 295 Å². The lowest BCUT2D eigenvalue weighted by atomic mass is 9.67. The van der Waals surface area contributed by atoms with Crippen LogP contribution in [-0.2, 0) is 5.41 Å². The number of nitriles is 1. The molecule has 2 heterocycles. The lowest BCUT2D eigenvalue weighted by Gasteiger charge is -2.36.